The quantitative estimate of drug-likeness (QED) is 0.424. The van der Waals surface area contributed by atoms with E-state index in [0.29, 0.717) is 16.6 Å². The Kier molecular flexibility index (Phi) is 8.95. The van der Waals surface area contributed by atoms with Crippen LogP contribution in [0.25, 0.3) is 0 Å². The predicted molar refractivity (Wildman–Crippen MR) is 155 cm³/mol. The molecule has 3 aliphatic rings. The number of nitrogens with zero attached hydrogens (tertiary/aromatic N) is 1. The summed E-state index contributed by atoms with van der Waals surface area (Å²) in [6, 6.07) is 6.22. The molecule has 0 bridgehead atoms. The van der Waals surface area contributed by atoms with Crippen LogP contribution in [0.5, 0.6) is 0 Å². The molecule has 2 fully saturated rings. The minimum Gasteiger partial charge on any atom is -0.392 e. The third-order valence-corrected chi connectivity index (χ3v) is 12.6. The topological polar surface area (TPSA) is 110 Å². The molecule has 3 N–H and O–H groups in total. The molecule has 1 aromatic heterocycles. The van der Waals surface area contributed by atoms with Crippen molar-refractivity contribution in [2.75, 3.05) is 39.4 Å². The maximum Gasteiger partial charge on any atom is 0.223 e. The summed E-state index contributed by atoms with van der Waals surface area (Å²) in [7, 11) is -3.56. The molecule has 0 unspecified atom stereocenters. The molecule has 40 heavy (non-hydrogen) atoms. The fourth-order valence-electron chi connectivity index (χ4n) is 7.17. The lowest BCUT2D eigenvalue weighted by Gasteiger charge is -2.53. The standard InChI is InChI=1S/C29H40ClN3O5S2/c1-18(28(35)31-10-11-33-12-14-38-15-13-33)22-8-9-29(3)16-23-26(19(2)25(29)27(22)34)32-24(39-23)17-40(36,37)21-6-4-20(30)5-7-21/h4-7,18-19,22,25,27,34H,8-17H2,1-3H3,(H,31,35)/p+1/t18-,19-,22-,25+,27-,29-/m0/s1. The molecular weight excluding hydrogens is 570 g/mol. The van der Waals surface area contributed by atoms with E-state index >= 15 is 0 Å². The molecule has 1 saturated heterocycles. The molecule has 11 heteroatoms. The molecule has 1 amide bonds. The van der Waals surface area contributed by atoms with Gasteiger partial charge in [0.15, 0.2) is 9.84 Å². The second-order valence-electron chi connectivity index (χ2n) is 12.2. The van der Waals surface area contributed by atoms with Crippen molar-refractivity contribution in [2.24, 2.45) is 23.2 Å². The van der Waals surface area contributed by atoms with Gasteiger partial charge in [-0.2, -0.15) is 0 Å². The van der Waals surface area contributed by atoms with Gasteiger partial charge in [-0.1, -0.05) is 32.4 Å². The first-order valence-electron chi connectivity index (χ1n) is 14.3. The largest absolute Gasteiger partial charge is 0.392 e. The van der Waals surface area contributed by atoms with E-state index < -0.39 is 15.9 Å². The number of thiazole rings is 1. The van der Waals surface area contributed by atoms with Crippen LogP contribution in [0.1, 0.15) is 55.1 Å². The highest BCUT2D eigenvalue weighted by Crippen LogP contribution is 2.57. The van der Waals surface area contributed by atoms with Gasteiger partial charge in [0.1, 0.15) is 23.8 Å². The maximum absolute atomic E-state index is 13.1. The van der Waals surface area contributed by atoms with Crippen molar-refractivity contribution < 1.29 is 28.0 Å². The number of benzene rings is 1. The summed E-state index contributed by atoms with van der Waals surface area (Å²) >= 11 is 7.42. The minimum absolute atomic E-state index is 0.00724. The molecule has 220 valence electrons. The van der Waals surface area contributed by atoms with Gasteiger partial charge in [0.25, 0.3) is 0 Å². The Morgan fingerprint density at radius 1 is 1.30 bits per heavy atom. The van der Waals surface area contributed by atoms with E-state index in [1.165, 1.54) is 28.4 Å². The van der Waals surface area contributed by atoms with Crippen molar-refractivity contribution in [2.45, 2.75) is 62.7 Å². The first-order valence-corrected chi connectivity index (χ1v) is 17.2. The number of quaternary nitrogens is 1. The number of ether oxygens (including phenoxy) is 1. The van der Waals surface area contributed by atoms with Gasteiger partial charge in [0.05, 0.1) is 43.0 Å². The van der Waals surface area contributed by atoms with Crippen LogP contribution in [-0.2, 0) is 31.5 Å². The van der Waals surface area contributed by atoms with Crippen molar-refractivity contribution in [3.63, 3.8) is 0 Å². The number of aromatic nitrogens is 1. The normalized spacial score (nSPS) is 29.8. The van der Waals surface area contributed by atoms with E-state index in [1.807, 2.05) is 6.92 Å². The van der Waals surface area contributed by atoms with E-state index in [1.54, 1.807) is 12.1 Å². The van der Waals surface area contributed by atoms with Gasteiger partial charge in [-0.25, -0.2) is 13.4 Å². The smallest absolute Gasteiger partial charge is 0.223 e. The number of amides is 1. The zero-order valence-corrected chi connectivity index (χ0v) is 25.9. The molecule has 1 aromatic carbocycles. The number of morpholine rings is 1. The second kappa shape index (κ2) is 12.0. The molecule has 2 heterocycles. The number of rotatable bonds is 8. The molecular formula is C29H41ClN3O5S2+. The fraction of sp³-hybridized carbons (Fsp3) is 0.655. The average Bonchev–Trinajstić information content (AvgIpc) is 3.30. The molecule has 6 atom stereocenters. The van der Waals surface area contributed by atoms with Crippen molar-refractivity contribution in [1.82, 2.24) is 10.3 Å². The zero-order chi connectivity index (χ0) is 28.7. The monoisotopic (exact) mass is 610 g/mol. The third kappa shape index (κ3) is 6.13. The lowest BCUT2D eigenvalue weighted by molar-refractivity contribution is -0.906. The van der Waals surface area contributed by atoms with Gasteiger partial charge in [-0.15, -0.1) is 11.3 Å². The van der Waals surface area contributed by atoms with Crippen molar-refractivity contribution >= 4 is 38.7 Å². The number of aliphatic hydroxyl groups is 1. The highest BCUT2D eigenvalue weighted by molar-refractivity contribution is 7.90. The molecule has 0 spiro atoms. The molecule has 1 saturated carbocycles. The number of fused-ring (bicyclic) bond motifs is 2. The van der Waals surface area contributed by atoms with Crippen LogP contribution in [0.2, 0.25) is 5.02 Å². The Morgan fingerprint density at radius 3 is 2.70 bits per heavy atom. The van der Waals surface area contributed by atoms with Crippen LogP contribution >= 0.6 is 22.9 Å². The average molecular weight is 611 g/mol. The van der Waals surface area contributed by atoms with Gasteiger partial charge in [0, 0.05) is 21.7 Å². The minimum atomic E-state index is -3.56. The van der Waals surface area contributed by atoms with Crippen LogP contribution < -0.4 is 10.2 Å². The van der Waals surface area contributed by atoms with E-state index in [4.69, 9.17) is 21.3 Å². The molecule has 1 aliphatic heterocycles. The number of hydrogen-bond donors (Lipinski definition) is 3. The first kappa shape index (κ1) is 29.9. The summed E-state index contributed by atoms with van der Waals surface area (Å²) in [4.78, 5) is 20.7. The first-order chi connectivity index (χ1) is 19.0. The number of carbonyl (C=O) groups is 1. The number of hydrogen-bond acceptors (Lipinski definition) is 7. The Balaban J connectivity index is 1.26. The SMILES string of the molecule is C[C@H](C(=O)NCC[NH+]1CCOCC1)[C@@H]1CC[C@@]2(C)Cc3sc(CS(=O)(=O)c4ccc(Cl)cc4)nc3[C@@H](C)[C@@H]2[C@H]1O. The van der Waals surface area contributed by atoms with Gasteiger partial charge in [0.2, 0.25) is 5.91 Å². The summed E-state index contributed by atoms with van der Waals surface area (Å²) in [6.45, 7) is 11.3. The highest BCUT2D eigenvalue weighted by Gasteiger charge is 2.54. The van der Waals surface area contributed by atoms with Crippen molar-refractivity contribution in [3.8, 4) is 0 Å². The van der Waals surface area contributed by atoms with Crippen LogP contribution in [0, 0.1) is 23.2 Å². The predicted octanol–water partition coefficient (Wildman–Crippen LogP) is 2.49. The van der Waals surface area contributed by atoms with Gasteiger partial charge in [-0.3, -0.25) is 4.79 Å². The molecule has 0 radical (unpaired) electrons. The Hall–Kier alpha value is -1.56. The van der Waals surface area contributed by atoms with Crippen molar-refractivity contribution in [3.05, 3.63) is 44.9 Å². The summed E-state index contributed by atoms with van der Waals surface area (Å²) < 4.78 is 31.5. The Bertz CT molecular complexity index is 1310. The maximum atomic E-state index is 13.1. The molecule has 8 nitrogen and oxygen atoms in total. The number of halogens is 1. The highest BCUT2D eigenvalue weighted by atomic mass is 35.5. The molecule has 5 rings (SSSR count). The number of nitrogens with one attached hydrogen (secondary N) is 2. The molecule has 2 aromatic rings. The summed E-state index contributed by atoms with van der Waals surface area (Å²) in [6.07, 6.45) is 1.84. The van der Waals surface area contributed by atoms with Crippen LogP contribution in [0.15, 0.2) is 29.2 Å². The summed E-state index contributed by atoms with van der Waals surface area (Å²) in [5.74, 6) is -0.642. The number of carbonyl (C=O) groups excluding carboxylic acids is 1. The van der Waals surface area contributed by atoms with Crippen LogP contribution in [0.3, 0.4) is 0 Å². The lowest BCUT2D eigenvalue weighted by Crippen LogP contribution is -3.14. The van der Waals surface area contributed by atoms with E-state index in [9.17, 15) is 18.3 Å². The Morgan fingerprint density at radius 2 is 2.00 bits per heavy atom. The van der Waals surface area contributed by atoms with Gasteiger partial charge < -0.3 is 20.1 Å². The van der Waals surface area contributed by atoms with Gasteiger partial charge in [-0.05, 0) is 60.8 Å². The van der Waals surface area contributed by atoms with Crippen LogP contribution in [0.4, 0.5) is 0 Å². The fourth-order valence-corrected chi connectivity index (χ4v) is 10.3. The van der Waals surface area contributed by atoms with Gasteiger partial charge >= 0.3 is 0 Å². The third-order valence-electron chi connectivity index (χ3n) is 9.49. The zero-order valence-electron chi connectivity index (χ0n) is 23.5. The van der Waals surface area contributed by atoms with Crippen LogP contribution in [-0.4, -0.2) is 69.9 Å². The molecule has 2 aliphatic carbocycles. The second-order valence-corrected chi connectivity index (χ2v) is 15.8. The van der Waals surface area contributed by atoms with E-state index in [0.717, 1.165) is 62.7 Å². The Labute approximate surface area is 246 Å². The number of aliphatic hydroxyl groups excluding tert-OH is 1. The summed E-state index contributed by atoms with van der Waals surface area (Å²) in [5.41, 5.74) is 0.774. The number of sulfone groups is 1. The van der Waals surface area contributed by atoms with E-state index in [2.05, 4.69) is 19.2 Å². The van der Waals surface area contributed by atoms with E-state index in [-0.39, 0.29) is 45.6 Å². The summed E-state index contributed by atoms with van der Waals surface area (Å²) in [5, 5.41) is 15.9. The van der Waals surface area contributed by atoms with Crippen molar-refractivity contribution in [1.29, 1.82) is 0 Å². The lowest BCUT2D eigenvalue weighted by atomic mass is 9.53.